The third kappa shape index (κ3) is 4.95. The zero-order valence-electron chi connectivity index (χ0n) is 10.2. The zero-order chi connectivity index (χ0) is 12.7. The Labute approximate surface area is 110 Å². The number of thiazole rings is 1. The highest BCUT2D eigenvalue weighted by atomic mass is 32.2. The summed E-state index contributed by atoms with van der Waals surface area (Å²) in [5.74, 6) is 0.256. The van der Waals surface area contributed by atoms with Crippen molar-refractivity contribution in [2.45, 2.75) is 26.2 Å². The van der Waals surface area contributed by atoms with Crippen LogP contribution in [0.2, 0.25) is 0 Å². The highest BCUT2D eigenvalue weighted by Crippen LogP contribution is 2.21. The summed E-state index contributed by atoms with van der Waals surface area (Å²) in [6, 6.07) is 0. The first-order valence-electron chi connectivity index (χ1n) is 5.58. The molecule has 0 unspecified atom stereocenters. The van der Waals surface area contributed by atoms with Gasteiger partial charge in [-0.2, -0.15) is 11.8 Å². The number of thioether (sulfide) groups is 1. The molecule has 1 rings (SSSR count). The fraction of sp³-hybridized carbons (Fsp3) is 0.636. The van der Waals surface area contributed by atoms with Crippen LogP contribution in [0, 0.1) is 6.92 Å². The standard InChI is InChI=1S/C11H18N2O2S2/c1-8-9(10(14)15)13-11(17-8)12-6-4-3-5-7-16-2/h3-7H2,1-2H3,(H,12,13)(H,14,15). The summed E-state index contributed by atoms with van der Waals surface area (Å²) in [7, 11) is 0. The third-order valence-corrected chi connectivity index (χ3v) is 3.93. The van der Waals surface area contributed by atoms with Crippen molar-refractivity contribution in [3.8, 4) is 0 Å². The van der Waals surface area contributed by atoms with Crippen molar-refractivity contribution in [2.24, 2.45) is 0 Å². The second kappa shape index (κ2) is 7.55. The van der Waals surface area contributed by atoms with Gasteiger partial charge in [0.2, 0.25) is 0 Å². The van der Waals surface area contributed by atoms with Crippen LogP contribution in [-0.2, 0) is 0 Å². The van der Waals surface area contributed by atoms with E-state index in [0.717, 1.165) is 17.8 Å². The number of carboxylic acids is 1. The lowest BCUT2D eigenvalue weighted by Gasteiger charge is -2.01. The first-order chi connectivity index (χ1) is 8.15. The summed E-state index contributed by atoms with van der Waals surface area (Å²) in [6.45, 7) is 2.64. The largest absolute Gasteiger partial charge is 0.476 e. The van der Waals surface area contributed by atoms with Gasteiger partial charge in [-0.25, -0.2) is 9.78 Å². The number of carbonyl (C=O) groups is 1. The van der Waals surface area contributed by atoms with Crippen LogP contribution in [0.25, 0.3) is 0 Å². The molecule has 0 atom stereocenters. The maximum Gasteiger partial charge on any atom is 0.355 e. The van der Waals surface area contributed by atoms with E-state index in [2.05, 4.69) is 16.6 Å². The molecular formula is C11H18N2O2S2. The molecule has 6 heteroatoms. The van der Waals surface area contributed by atoms with Crippen LogP contribution < -0.4 is 5.32 Å². The van der Waals surface area contributed by atoms with Crippen LogP contribution in [0.3, 0.4) is 0 Å². The van der Waals surface area contributed by atoms with Gasteiger partial charge in [0.1, 0.15) is 0 Å². The van der Waals surface area contributed by atoms with Gasteiger partial charge in [-0.1, -0.05) is 6.42 Å². The van der Waals surface area contributed by atoms with Crippen LogP contribution in [-0.4, -0.2) is 34.6 Å². The molecule has 2 N–H and O–H groups in total. The van der Waals surface area contributed by atoms with Crippen molar-refractivity contribution in [1.82, 2.24) is 4.98 Å². The van der Waals surface area contributed by atoms with Crippen molar-refractivity contribution in [3.05, 3.63) is 10.6 Å². The van der Waals surface area contributed by atoms with Gasteiger partial charge in [0.15, 0.2) is 10.8 Å². The molecule has 1 aromatic rings. The molecule has 96 valence electrons. The average molecular weight is 274 g/mol. The van der Waals surface area contributed by atoms with E-state index in [-0.39, 0.29) is 5.69 Å². The molecule has 1 aromatic heterocycles. The zero-order valence-corrected chi connectivity index (χ0v) is 11.8. The van der Waals surface area contributed by atoms with Crippen LogP contribution in [0.15, 0.2) is 0 Å². The molecule has 17 heavy (non-hydrogen) atoms. The van der Waals surface area contributed by atoms with E-state index >= 15 is 0 Å². The summed E-state index contributed by atoms with van der Waals surface area (Å²) in [4.78, 5) is 15.6. The van der Waals surface area contributed by atoms with Gasteiger partial charge in [-0.3, -0.25) is 0 Å². The number of rotatable bonds is 8. The van der Waals surface area contributed by atoms with Crippen molar-refractivity contribution >= 4 is 34.2 Å². The van der Waals surface area contributed by atoms with Gasteiger partial charge in [0.05, 0.1) is 0 Å². The van der Waals surface area contributed by atoms with Crippen LogP contribution in [0.4, 0.5) is 5.13 Å². The Hall–Kier alpha value is -0.750. The van der Waals surface area contributed by atoms with Crippen molar-refractivity contribution in [3.63, 3.8) is 0 Å². The number of aromatic carboxylic acids is 1. The van der Waals surface area contributed by atoms with E-state index in [9.17, 15) is 4.79 Å². The lowest BCUT2D eigenvalue weighted by molar-refractivity contribution is 0.0690. The number of hydrogen-bond donors (Lipinski definition) is 2. The summed E-state index contributed by atoms with van der Waals surface area (Å²) >= 11 is 3.27. The van der Waals surface area contributed by atoms with E-state index in [1.165, 1.54) is 29.9 Å². The van der Waals surface area contributed by atoms with E-state index in [0.29, 0.717) is 5.13 Å². The van der Waals surface area contributed by atoms with Gasteiger partial charge >= 0.3 is 5.97 Å². The van der Waals surface area contributed by atoms with Gasteiger partial charge < -0.3 is 10.4 Å². The molecular weight excluding hydrogens is 256 g/mol. The quantitative estimate of drug-likeness (QED) is 0.713. The number of hydrogen-bond acceptors (Lipinski definition) is 5. The summed E-state index contributed by atoms with van der Waals surface area (Å²) in [6.07, 6.45) is 5.65. The minimum Gasteiger partial charge on any atom is -0.476 e. The number of nitrogens with one attached hydrogen (secondary N) is 1. The molecule has 0 saturated heterocycles. The minimum absolute atomic E-state index is 0.167. The van der Waals surface area contributed by atoms with E-state index < -0.39 is 5.97 Å². The van der Waals surface area contributed by atoms with Crippen molar-refractivity contribution in [2.75, 3.05) is 23.9 Å². The Bertz CT molecular complexity index is 366. The highest BCUT2D eigenvalue weighted by molar-refractivity contribution is 7.98. The molecule has 0 fully saturated rings. The monoisotopic (exact) mass is 274 g/mol. The van der Waals surface area contributed by atoms with E-state index in [4.69, 9.17) is 5.11 Å². The van der Waals surface area contributed by atoms with Crippen LogP contribution in [0.1, 0.15) is 34.6 Å². The van der Waals surface area contributed by atoms with Gasteiger partial charge in [0, 0.05) is 11.4 Å². The molecule has 0 radical (unpaired) electrons. The number of unbranched alkanes of at least 4 members (excludes halogenated alkanes) is 2. The smallest absolute Gasteiger partial charge is 0.355 e. The molecule has 1 heterocycles. The molecule has 0 aromatic carbocycles. The Balaban J connectivity index is 2.27. The minimum atomic E-state index is -0.952. The Kier molecular flexibility index (Phi) is 6.36. The molecule has 0 aliphatic heterocycles. The summed E-state index contributed by atoms with van der Waals surface area (Å²) in [5, 5.41) is 12.7. The Morgan fingerprint density at radius 1 is 1.47 bits per heavy atom. The first-order valence-corrected chi connectivity index (χ1v) is 7.79. The number of carboxylic acid groups (broad SMARTS) is 1. The van der Waals surface area contributed by atoms with Crippen LogP contribution >= 0.6 is 23.1 Å². The van der Waals surface area contributed by atoms with Crippen molar-refractivity contribution < 1.29 is 9.90 Å². The Morgan fingerprint density at radius 2 is 2.24 bits per heavy atom. The maximum atomic E-state index is 10.8. The van der Waals surface area contributed by atoms with Gasteiger partial charge in [0.25, 0.3) is 0 Å². The molecule has 0 spiro atoms. The molecule has 0 aliphatic carbocycles. The predicted octanol–water partition coefficient (Wildman–Crippen LogP) is 3.09. The lowest BCUT2D eigenvalue weighted by Crippen LogP contribution is -2.03. The van der Waals surface area contributed by atoms with Crippen LogP contribution in [0.5, 0.6) is 0 Å². The maximum absolute atomic E-state index is 10.8. The second-order valence-electron chi connectivity index (χ2n) is 3.71. The second-order valence-corrected chi connectivity index (χ2v) is 5.90. The number of anilines is 1. The topological polar surface area (TPSA) is 62.2 Å². The third-order valence-electron chi connectivity index (χ3n) is 2.30. The SMILES string of the molecule is CSCCCCCNc1nc(C(=O)O)c(C)s1. The number of aromatic nitrogens is 1. The molecule has 0 saturated carbocycles. The fourth-order valence-corrected chi connectivity index (χ4v) is 2.74. The van der Waals surface area contributed by atoms with E-state index in [1.54, 1.807) is 6.92 Å². The summed E-state index contributed by atoms with van der Waals surface area (Å²) in [5.41, 5.74) is 0.167. The molecule has 0 bridgehead atoms. The normalized spacial score (nSPS) is 10.5. The molecule has 4 nitrogen and oxygen atoms in total. The number of aryl methyl sites for hydroxylation is 1. The van der Waals surface area contributed by atoms with Gasteiger partial charge in [-0.05, 0) is 31.8 Å². The van der Waals surface area contributed by atoms with Gasteiger partial charge in [-0.15, -0.1) is 11.3 Å². The lowest BCUT2D eigenvalue weighted by atomic mass is 10.2. The highest BCUT2D eigenvalue weighted by Gasteiger charge is 2.13. The molecule has 0 aliphatic rings. The molecule has 0 amide bonds. The fourth-order valence-electron chi connectivity index (χ4n) is 1.41. The average Bonchev–Trinajstić information content (AvgIpc) is 2.65. The number of nitrogens with zero attached hydrogens (tertiary/aromatic N) is 1. The first kappa shape index (κ1) is 14.3. The van der Waals surface area contributed by atoms with E-state index in [1.807, 2.05) is 11.8 Å². The summed E-state index contributed by atoms with van der Waals surface area (Å²) < 4.78 is 0. The predicted molar refractivity (Wildman–Crippen MR) is 74.5 cm³/mol. The Morgan fingerprint density at radius 3 is 2.82 bits per heavy atom. The van der Waals surface area contributed by atoms with Crippen molar-refractivity contribution in [1.29, 1.82) is 0 Å².